The third-order valence-electron chi connectivity index (χ3n) is 2.15. The molecule has 18 heavy (non-hydrogen) atoms. The minimum atomic E-state index is -0.514. The minimum absolute atomic E-state index is 0.00579. The summed E-state index contributed by atoms with van der Waals surface area (Å²) in [7, 11) is 0. The molecule has 1 aromatic carbocycles. The van der Waals surface area contributed by atoms with E-state index in [0.717, 1.165) is 0 Å². The quantitative estimate of drug-likeness (QED) is 0.737. The molecule has 0 unspecified atom stereocenters. The van der Waals surface area contributed by atoms with Crippen molar-refractivity contribution in [2.75, 3.05) is 12.4 Å². The van der Waals surface area contributed by atoms with Crippen molar-refractivity contribution in [3.8, 4) is 11.9 Å². The van der Waals surface area contributed by atoms with E-state index in [-0.39, 0.29) is 12.5 Å². The topological polar surface area (TPSA) is 86.5 Å². The normalized spacial score (nSPS) is 11.1. The van der Waals surface area contributed by atoms with Gasteiger partial charge < -0.3 is 15.3 Å². The van der Waals surface area contributed by atoms with E-state index in [1.165, 1.54) is 17.8 Å². The number of hydrogen-bond acceptors (Lipinski definition) is 6. The molecule has 0 aliphatic carbocycles. The fourth-order valence-electron chi connectivity index (χ4n) is 1.43. The number of nitrogens with zero attached hydrogens (tertiary/aromatic N) is 2. The lowest BCUT2D eigenvalue weighted by atomic mass is 10.2. The van der Waals surface area contributed by atoms with Crippen LogP contribution in [0.3, 0.4) is 0 Å². The number of thioether (sulfide) groups is 1. The number of halogens is 2. The van der Waals surface area contributed by atoms with E-state index in [9.17, 15) is 10.2 Å². The summed E-state index contributed by atoms with van der Waals surface area (Å²) < 4.78 is 0.604. The van der Waals surface area contributed by atoms with Crippen LogP contribution in [0.4, 0.5) is 0 Å². The molecule has 0 spiro atoms. The van der Waals surface area contributed by atoms with E-state index < -0.39 is 6.01 Å². The molecule has 0 saturated heterocycles. The predicted octanol–water partition coefficient (Wildman–Crippen LogP) is 2.54. The summed E-state index contributed by atoms with van der Waals surface area (Å²) in [5.41, 5.74) is 0.384. The van der Waals surface area contributed by atoms with Crippen LogP contribution >= 0.6 is 39.3 Å². The molecular weight excluding hydrogens is 344 g/mol. The molecule has 5 nitrogen and oxygen atoms in total. The van der Waals surface area contributed by atoms with Crippen molar-refractivity contribution in [2.24, 2.45) is 0 Å². The highest BCUT2D eigenvalue weighted by atomic mass is 79.9. The molecule has 8 heteroatoms. The van der Waals surface area contributed by atoms with Crippen molar-refractivity contribution in [1.82, 2.24) is 9.97 Å². The third-order valence-corrected chi connectivity index (χ3v) is 4.83. The first-order chi connectivity index (χ1) is 8.54. The summed E-state index contributed by atoms with van der Waals surface area (Å²) in [6.07, 6.45) is 0. The summed E-state index contributed by atoms with van der Waals surface area (Å²) in [6.45, 7) is -0.00579. The van der Waals surface area contributed by atoms with E-state index in [4.69, 9.17) is 16.7 Å². The highest BCUT2D eigenvalue weighted by Gasteiger charge is 2.16. The van der Waals surface area contributed by atoms with Crippen molar-refractivity contribution in [3.63, 3.8) is 0 Å². The molecule has 96 valence electrons. The van der Waals surface area contributed by atoms with Gasteiger partial charge in [0.25, 0.3) is 0 Å². The Balaban J connectivity index is 2.74. The number of aromatic nitrogens is 2. The van der Waals surface area contributed by atoms with Gasteiger partial charge in [-0.15, -0.1) is 11.8 Å². The molecule has 0 bridgehead atoms. The van der Waals surface area contributed by atoms with Gasteiger partial charge in [0, 0.05) is 10.6 Å². The number of hydrogen-bond donors (Lipinski definition) is 3. The number of aliphatic hydroxyl groups is 1. The van der Waals surface area contributed by atoms with Gasteiger partial charge in [-0.05, 0) is 22.0 Å². The largest absolute Gasteiger partial charge is 0.493 e. The Labute approximate surface area is 120 Å². The molecular formula is C10H8BrClN2O3S. The molecule has 0 aliphatic rings. The van der Waals surface area contributed by atoms with Crippen LogP contribution < -0.4 is 0 Å². The Bertz CT molecular complexity index is 611. The second-order valence-electron chi connectivity index (χ2n) is 3.32. The SMILES string of the molecule is OCCSc1c(Br)c(Cl)cc2c(O)nc(O)nc12. The van der Waals surface area contributed by atoms with Gasteiger partial charge in [0.1, 0.15) is 0 Å². The van der Waals surface area contributed by atoms with Crippen LogP contribution in [0.5, 0.6) is 11.9 Å². The van der Waals surface area contributed by atoms with Gasteiger partial charge in [-0.1, -0.05) is 11.6 Å². The zero-order chi connectivity index (χ0) is 13.3. The Morgan fingerprint density at radius 2 is 2.06 bits per heavy atom. The highest BCUT2D eigenvalue weighted by molar-refractivity contribution is 9.10. The molecule has 0 fully saturated rings. The van der Waals surface area contributed by atoms with Crippen molar-refractivity contribution in [1.29, 1.82) is 0 Å². The Morgan fingerprint density at radius 3 is 2.72 bits per heavy atom. The maximum absolute atomic E-state index is 9.67. The molecule has 2 rings (SSSR count). The summed E-state index contributed by atoms with van der Waals surface area (Å²) in [5.74, 6) is 0.109. The van der Waals surface area contributed by atoms with E-state index in [1.54, 1.807) is 0 Å². The minimum Gasteiger partial charge on any atom is -0.493 e. The van der Waals surface area contributed by atoms with E-state index >= 15 is 0 Å². The van der Waals surface area contributed by atoms with Gasteiger partial charge in [0.15, 0.2) is 0 Å². The summed E-state index contributed by atoms with van der Waals surface area (Å²) in [5, 5.41) is 28.6. The van der Waals surface area contributed by atoms with Gasteiger partial charge in [-0.25, -0.2) is 0 Å². The Morgan fingerprint density at radius 1 is 1.33 bits per heavy atom. The van der Waals surface area contributed by atoms with Gasteiger partial charge in [0.2, 0.25) is 5.88 Å². The van der Waals surface area contributed by atoms with Crippen LogP contribution in [0.1, 0.15) is 0 Å². The smallest absolute Gasteiger partial charge is 0.317 e. The zero-order valence-electron chi connectivity index (χ0n) is 8.89. The molecule has 2 aromatic rings. The predicted molar refractivity (Wildman–Crippen MR) is 73.4 cm³/mol. The molecule has 1 heterocycles. The van der Waals surface area contributed by atoms with Crippen LogP contribution in [-0.4, -0.2) is 37.6 Å². The zero-order valence-corrected chi connectivity index (χ0v) is 12.1. The second kappa shape index (κ2) is 5.48. The maximum Gasteiger partial charge on any atom is 0.317 e. The fourth-order valence-corrected chi connectivity index (χ4v) is 3.16. The van der Waals surface area contributed by atoms with Crippen LogP contribution in [-0.2, 0) is 0 Å². The Hall–Kier alpha value is -0.760. The van der Waals surface area contributed by atoms with Crippen LogP contribution in [0.15, 0.2) is 15.4 Å². The standard InChI is InChI=1S/C10H8BrClN2O3S/c11-6-5(12)3-4-7(8(6)18-2-1-15)13-10(17)14-9(4)16/h3,15H,1-2H2,(H2,13,14,16,17). The van der Waals surface area contributed by atoms with Gasteiger partial charge in [-0.2, -0.15) is 9.97 Å². The lowest BCUT2D eigenvalue weighted by molar-refractivity contribution is 0.322. The van der Waals surface area contributed by atoms with Gasteiger partial charge >= 0.3 is 6.01 Å². The summed E-state index contributed by atoms with van der Waals surface area (Å²) in [6, 6.07) is 0.999. The van der Waals surface area contributed by atoms with Crippen LogP contribution in [0, 0.1) is 0 Å². The summed E-state index contributed by atoms with van der Waals surface area (Å²) in [4.78, 5) is 7.98. The number of aromatic hydroxyl groups is 2. The molecule has 0 saturated carbocycles. The van der Waals surface area contributed by atoms with E-state index in [2.05, 4.69) is 25.9 Å². The molecule has 1 aromatic heterocycles. The average Bonchev–Trinajstić information content (AvgIpc) is 2.31. The highest BCUT2D eigenvalue weighted by Crippen LogP contribution is 2.41. The monoisotopic (exact) mass is 350 g/mol. The van der Waals surface area contributed by atoms with Crippen LogP contribution in [0.2, 0.25) is 5.02 Å². The average molecular weight is 352 g/mol. The lowest BCUT2D eigenvalue weighted by Gasteiger charge is -2.10. The van der Waals surface area contributed by atoms with Crippen molar-refractivity contribution < 1.29 is 15.3 Å². The fraction of sp³-hybridized carbons (Fsp3) is 0.200. The number of rotatable bonds is 3. The summed E-state index contributed by atoms with van der Waals surface area (Å²) >= 11 is 10.7. The van der Waals surface area contributed by atoms with Gasteiger partial charge in [-0.3, -0.25) is 0 Å². The molecule has 0 aliphatic heterocycles. The second-order valence-corrected chi connectivity index (χ2v) is 5.62. The van der Waals surface area contributed by atoms with Crippen molar-refractivity contribution in [2.45, 2.75) is 4.90 Å². The van der Waals surface area contributed by atoms with Crippen LogP contribution in [0.25, 0.3) is 10.9 Å². The first-order valence-electron chi connectivity index (χ1n) is 4.86. The first-order valence-corrected chi connectivity index (χ1v) is 7.01. The third kappa shape index (κ3) is 2.49. The maximum atomic E-state index is 9.67. The Kier molecular flexibility index (Phi) is 4.16. The lowest BCUT2D eigenvalue weighted by Crippen LogP contribution is -1.92. The van der Waals surface area contributed by atoms with E-state index in [0.29, 0.717) is 31.0 Å². The number of fused-ring (bicyclic) bond motifs is 1. The molecule has 3 N–H and O–H groups in total. The van der Waals surface area contributed by atoms with Gasteiger partial charge in [0.05, 0.1) is 27.0 Å². The van der Waals surface area contributed by atoms with Crippen molar-refractivity contribution >= 4 is 50.2 Å². The first kappa shape index (κ1) is 13.7. The number of benzene rings is 1. The molecule has 0 amide bonds. The van der Waals surface area contributed by atoms with Crippen molar-refractivity contribution in [3.05, 3.63) is 15.6 Å². The molecule has 0 radical (unpaired) electrons. The number of aliphatic hydroxyl groups excluding tert-OH is 1. The molecule has 0 atom stereocenters. The van der Waals surface area contributed by atoms with E-state index in [1.807, 2.05) is 0 Å².